The van der Waals surface area contributed by atoms with Crippen molar-refractivity contribution in [1.29, 1.82) is 0 Å². The molecule has 1 aromatic rings. The van der Waals surface area contributed by atoms with Gasteiger partial charge in [-0.05, 0) is 56.7 Å². The topological polar surface area (TPSA) is 80.5 Å². The number of sulfone groups is 1. The molecule has 1 saturated heterocycles. The molecule has 0 unspecified atom stereocenters. The Kier molecular flexibility index (Phi) is 6.74. The van der Waals surface area contributed by atoms with E-state index in [-0.39, 0.29) is 22.6 Å². The van der Waals surface area contributed by atoms with Crippen LogP contribution < -0.4 is 5.73 Å². The maximum absolute atomic E-state index is 13.2. The van der Waals surface area contributed by atoms with Gasteiger partial charge in [0.05, 0.1) is 21.2 Å². The van der Waals surface area contributed by atoms with E-state index in [1.807, 2.05) is 13.8 Å². The minimum Gasteiger partial charge on any atom is -0.341 e. The number of hydrogen-bond donors (Lipinski definition) is 1. The lowest BCUT2D eigenvalue weighted by atomic mass is 9.85. The van der Waals surface area contributed by atoms with Gasteiger partial charge < -0.3 is 10.6 Å². The molecule has 1 aliphatic rings. The Balaban J connectivity index is 2.20. The SMILES string of the molecule is CC(C)[C@H](N)C(=O)N1CCC(C(C)(C)S(=O)(=O)c2cccc(C(F)(F)F)c2)CC1. The van der Waals surface area contributed by atoms with E-state index in [1.54, 1.807) is 18.7 Å². The molecule has 1 aromatic carbocycles. The van der Waals surface area contributed by atoms with Crippen molar-refractivity contribution in [2.45, 2.75) is 62.4 Å². The van der Waals surface area contributed by atoms with E-state index in [2.05, 4.69) is 0 Å². The van der Waals surface area contributed by atoms with E-state index in [1.165, 1.54) is 6.07 Å². The number of amides is 1. The molecule has 0 radical (unpaired) electrons. The molecule has 0 aromatic heterocycles. The average molecular weight is 435 g/mol. The minimum absolute atomic E-state index is 0.00190. The number of benzene rings is 1. The second-order valence-electron chi connectivity index (χ2n) is 8.50. The number of hydrogen-bond acceptors (Lipinski definition) is 4. The van der Waals surface area contributed by atoms with Crippen molar-refractivity contribution in [2.24, 2.45) is 17.6 Å². The van der Waals surface area contributed by atoms with Crippen LogP contribution in [0.2, 0.25) is 0 Å². The van der Waals surface area contributed by atoms with E-state index < -0.39 is 32.4 Å². The summed E-state index contributed by atoms with van der Waals surface area (Å²) in [4.78, 5) is 13.7. The van der Waals surface area contributed by atoms with Crippen molar-refractivity contribution < 1.29 is 26.4 Å². The number of piperidine rings is 1. The van der Waals surface area contributed by atoms with Gasteiger partial charge in [-0.15, -0.1) is 0 Å². The molecule has 5 nitrogen and oxygen atoms in total. The summed E-state index contributed by atoms with van der Waals surface area (Å²) in [7, 11) is -4.02. The fourth-order valence-corrected chi connectivity index (χ4v) is 5.48. The van der Waals surface area contributed by atoms with Crippen molar-refractivity contribution in [3.05, 3.63) is 29.8 Å². The molecule has 0 saturated carbocycles. The quantitative estimate of drug-likeness (QED) is 0.769. The summed E-state index contributed by atoms with van der Waals surface area (Å²) in [6.07, 6.45) is -3.72. The normalized spacial score (nSPS) is 18.2. The Morgan fingerprint density at radius 1 is 1.17 bits per heavy atom. The summed E-state index contributed by atoms with van der Waals surface area (Å²) in [6, 6.07) is 3.26. The lowest BCUT2D eigenvalue weighted by molar-refractivity contribution is -0.137. The predicted octanol–water partition coefficient (Wildman–Crippen LogP) is 3.48. The molecule has 1 heterocycles. The van der Waals surface area contributed by atoms with Crippen molar-refractivity contribution in [3.8, 4) is 0 Å². The Hall–Kier alpha value is -1.61. The fourth-order valence-electron chi connectivity index (χ4n) is 3.65. The van der Waals surface area contributed by atoms with Crippen LogP contribution in [0.1, 0.15) is 46.1 Å². The Morgan fingerprint density at radius 3 is 2.21 bits per heavy atom. The number of carbonyl (C=O) groups excluding carboxylic acids is 1. The summed E-state index contributed by atoms with van der Waals surface area (Å²) in [6.45, 7) is 7.58. The smallest absolute Gasteiger partial charge is 0.341 e. The molecule has 2 N–H and O–H groups in total. The summed E-state index contributed by atoms with van der Waals surface area (Å²) in [5, 5.41) is 0. The van der Waals surface area contributed by atoms with Gasteiger partial charge in [-0.1, -0.05) is 19.9 Å². The molecule has 1 fully saturated rings. The maximum atomic E-state index is 13.2. The fraction of sp³-hybridized carbons (Fsp3) is 0.650. The molecule has 1 amide bonds. The number of likely N-dealkylation sites (tertiary alicyclic amines) is 1. The zero-order valence-electron chi connectivity index (χ0n) is 17.2. The lowest BCUT2D eigenvalue weighted by Gasteiger charge is -2.41. The summed E-state index contributed by atoms with van der Waals surface area (Å²) >= 11 is 0. The Labute approximate surface area is 170 Å². The van der Waals surface area contributed by atoms with E-state index in [9.17, 15) is 26.4 Å². The van der Waals surface area contributed by atoms with E-state index in [0.29, 0.717) is 32.0 Å². The molecular weight excluding hydrogens is 405 g/mol. The first-order valence-corrected chi connectivity index (χ1v) is 11.1. The van der Waals surface area contributed by atoms with Gasteiger partial charge in [0.2, 0.25) is 5.91 Å². The van der Waals surface area contributed by atoms with E-state index in [0.717, 1.165) is 12.1 Å². The van der Waals surface area contributed by atoms with E-state index >= 15 is 0 Å². The van der Waals surface area contributed by atoms with Crippen LogP contribution in [0, 0.1) is 11.8 Å². The summed E-state index contributed by atoms with van der Waals surface area (Å²) in [5.41, 5.74) is 4.94. The molecule has 1 aliphatic heterocycles. The highest BCUT2D eigenvalue weighted by Crippen LogP contribution is 2.39. The molecule has 0 aliphatic carbocycles. The van der Waals surface area contributed by atoms with Crippen LogP contribution in [-0.4, -0.2) is 43.1 Å². The predicted molar refractivity (Wildman–Crippen MR) is 105 cm³/mol. The number of carbonyl (C=O) groups is 1. The van der Waals surface area contributed by atoms with Gasteiger partial charge in [0.25, 0.3) is 0 Å². The van der Waals surface area contributed by atoms with Gasteiger partial charge in [0, 0.05) is 13.1 Å². The van der Waals surface area contributed by atoms with Crippen molar-refractivity contribution >= 4 is 15.7 Å². The second-order valence-corrected chi connectivity index (χ2v) is 11.0. The first-order chi connectivity index (χ1) is 13.2. The number of nitrogens with zero attached hydrogens (tertiary/aromatic N) is 1. The highest BCUT2D eigenvalue weighted by molar-refractivity contribution is 7.92. The lowest BCUT2D eigenvalue weighted by Crippen LogP contribution is -2.52. The maximum Gasteiger partial charge on any atom is 0.416 e. The van der Waals surface area contributed by atoms with Crippen LogP contribution in [0.25, 0.3) is 0 Å². The van der Waals surface area contributed by atoms with Gasteiger partial charge >= 0.3 is 6.18 Å². The molecule has 29 heavy (non-hydrogen) atoms. The third kappa shape index (κ3) is 4.77. The average Bonchev–Trinajstić information content (AvgIpc) is 2.66. The third-order valence-electron chi connectivity index (χ3n) is 5.96. The number of rotatable bonds is 5. The van der Waals surface area contributed by atoms with Crippen LogP contribution in [0.5, 0.6) is 0 Å². The molecule has 9 heteroatoms. The highest BCUT2D eigenvalue weighted by Gasteiger charge is 2.45. The Morgan fingerprint density at radius 2 is 1.72 bits per heavy atom. The van der Waals surface area contributed by atoms with Crippen molar-refractivity contribution in [2.75, 3.05) is 13.1 Å². The number of nitrogens with two attached hydrogens (primary N) is 1. The first-order valence-electron chi connectivity index (χ1n) is 9.66. The third-order valence-corrected chi connectivity index (χ3v) is 8.55. The summed E-state index contributed by atoms with van der Waals surface area (Å²) in [5.74, 6) is -0.448. The van der Waals surface area contributed by atoms with Crippen molar-refractivity contribution in [3.63, 3.8) is 0 Å². The van der Waals surface area contributed by atoms with Gasteiger partial charge in [-0.25, -0.2) is 8.42 Å². The highest BCUT2D eigenvalue weighted by atomic mass is 32.2. The molecular formula is C20H29F3N2O3S. The van der Waals surface area contributed by atoms with Gasteiger partial charge in [-0.2, -0.15) is 13.2 Å². The largest absolute Gasteiger partial charge is 0.416 e. The second kappa shape index (κ2) is 8.26. The minimum atomic E-state index is -4.61. The summed E-state index contributed by atoms with van der Waals surface area (Å²) < 4.78 is 64.1. The van der Waals surface area contributed by atoms with Gasteiger partial charge in [0.1, 0.15) is 0 Å². The molecule has 164 valence electrons. The van der Waals surface area contributed by atoms with Crippen LogP contribution in [0.3, 0.4) is 0 Å². The van der Waals surface area contributed by atoms with Crippen LogP contribution in [-0.2, 0) is 20.8 Å². The molecule has 0 bridgehead atoms. The monoisotopic (exact) mass is 434 g/mol. The number of halogens is 3. The Bertz CT molecular complexity index is 843. The number of alkyl halides is 3. The van der Waals surface area contributed by atoms with Crippen LogP contribution in [0.4, 0.5) is 13.2 Å². The van der Waals surface area contributed by atoms with E-state index in [4.69, 9.17) is 5.73 Å². The zero-order valence-corrected chi connectivity index (χ0v) is 18.0. The standard InChI is InChI=1S/C20H29F3N2O3S/c1-13(2)17(24)18(26)25-10-8-14(9-11-25)19(3,4)29(27,28)16-7-5-6-15(12-16)20(21,22)23/h5-7,12-14,17H,8-11,24H2,1-4H3/t17-/m0/s1. The zero-order chi connectivity index (χ0) is 22.2. The first kappa shape index (κ1) is 23.7. The van der Waals surface area contributed by atoms with Crippen molar-refractivity contribution in [1.82, 2.24) is 4.90 Å². The van der Waals surface area contributed by atoms with Crippen LogP contribution >= 0.6 is 0 Å². The van der Waals surface area contributed by atoms with Gasteiger partial charge in [-0.3, -0.25) is 4.79 Å². The molecule has 2 rings (SSSR count). The van der Waals surface area contributed by atoms with Gasteiger partial charge in [0.15, 0.2) is 9.84 Å². The molecule has 0 spiro atoms. The molecule has 1 atom stereocenters. The van der Waals surface area contributed by atoms with Crippen LogP contribution in [0.15, 0.2) is 29.2 Å².